The molecule has 0 aliphatic heterocycles. The van der Waals surface area contributed by atoms with Crippen molar-refractivity contribution in [2.45, 2.75) is 29.9 Å². The molecule has 0 aliphatic rings. The maximum atomic E-state index is 13.5. The second kappa shape index (κ2) is 16.9. The summed E-state index contributed by atoms with van der Waals surface area (Å²) in [4.78, 5) is 39.9. The van der Waals surface area contributed by atoms with Gasteiger partial charge in [-0.2, -0.15) is 13.2 Å². The number of amides is 3. The van der Waals surface area contributed by atoms with Crippen LogP contribution < -0.4 is 20.7 Å². The molecule has 5 aromatic rings. The molecular weight excluding hydrogens is 699 g/mol. The van der Waals surface area contributed by atoms with Gasteiger partial charge < -0.3 is 20.7 Å². The van der Waals surface area contributed by atoms with Crippen LogP contribution in [0.4, 0.5) is 24.5 Å². The van der Waals surface area contributed by atoms with Crippen LogP contribution in [0.25, 0.3) is 6.08 Å². The van der Waals surface area contributed by atoms with Crippen molar-refractivity contribution < 1.29 is 32.3 Å². The fraction of sp³-hybridized carbons (Fsp3) is 0.103. The van der Waals surface area contributed by atoms with Gasteiger partial charge in [0.05, 0.1) is 16.5 Å². The van der Waals surface area contributed by atoms with Crippen molar-refractivity contribution in [2.75, 3.05) is 10.6 Å². The first kappa shape index (κ1) is 36.8. The number of benzene rings is 5. The van der Waals surface area contributed by atoms with Gasteiger partial charge in [0.1, 0.15) is 18.1 Å². The fourth-order valence-electron chi connectivity index (χ4n) is 4.68. The van der Waals surface area contributed by atoms with Crippen molar-refractivity contribution in [3.05, 3.63) is 160 Å². The lowest BCUT2D eigenvalue weighted by Crippen LogP contribution is -2.30. The molecule has 0 fully saturated rings. The molecule has 7 nitrogen and oxygen atoms in total. The Hall–Kier alpha value is -5.52. The molecule has 0 aliphatic carbocycles. The molecule has 51 heavy (non-hydrogen) atoms. The Morgan fingerprint density at radius 2 is 1.47 bits per heavy atom. The normalized spacial score (nSPS) is 12.1. The van der Waals surface area contributed by atoms with Crippen molar-refractivity contribution in [3.8, 4) is 5.75 Å². The van der Waals surface area contributed by atoms with Crippen LogP contribution in [0.3, 0.4) is 0 Å². The van der Waals surface area contributed by atoms with Gasteiger partial charge in [-0.05, 0) is 90.9 Å². The number of rotatable bonds is 12. The topological polar surface area (TPSA) is 96.5 Å². The van der Waals surface area contributed by atoms with Gasteiger partial charge in [0.25, 0.3) is 11.8 Å². The predicted octanol–water partition coefficient (Wildman–Crippen LogP) is 9.47. The molecule has 0 saturated heterocycles. The monoisotopic (exact) mass is 729 g/mol. The number of carbonyl (C=O) groups excluding carboxylic acids is 3. The summed E-state index contributed by atoms with van der Waals surface area (Å²) in [5, 5.41) is 6.95. The minimum atomic E-state index is -4.70. The molecule has 5 aromatic carbocycles. The SMILES string of the molecule is CC(Sc1ccc(NC(=O)/C(=C/c2ccc(OCc3ccccc3)cc2)NC(=O)c2ccccc2)cc1)C(=O)Nc1ccc(Cl)cc1C(F)(F)F. The second-order valence-corrected chi connectivity index (χ2v) is 13.0. The Kier molecular flexibility index (Phi) is 12.2. The minimum absolute atomic E-state index is 0.00835. The number of hydrogen-bond acceptors (Lipinski definition) is 5. The molecule has 260 valence electrons. The zero-order chi connectivity index (χ0) is 36.4. The van der Waals surface area contributed by atoms with Gasteiger partial charge >= 0.3 is 6.18 Å². The molecular formula is C39H31ClF3N3O4S. The molecule has 1 unspecified atom stereocenters. The second-order valence-electron chi connectivity index (χ2n) is 11.1. The van der Waals surface area contributed by atoms with E-state index in [4.69, 9.17) is 16.3 Å². The van der Waals surface area contributed by atoms with E-state index in [-0.39, 0.29) is 10.7 Å². The maximum absolute atomic E-state index is 13.5. The average Bonchev–Trinajstić information content (AvgIpc) is 3.12. The number of alkyl halides is 3. The fourth-order valence-corrected chi connectivity index (χ4v) is 5.72. The number of halogens is 4. The highest BCUT2D eigenvalue weighted by molar-refractivity contribution is 8.00. The first-order valence-electron chi connectivity index (χ1n) is 15.5. The quantitative estimate of drug-likeness (QED) is 0.0879. The number of thioether (sulfide) groups is 1. The molecule has 1 atom stereocenters. The molecule has 3 N–H and O–H groups in total. The summed E-state index contributed by atoms with van der Waals surface area (Å²) < 4.78 is 46.3. The molecule has 0 heterocycles. The Morgan fingerprint density at radius 3 is 2.12 bits per heavy atom. The molecule has 3 amide bonds. The zero-order valence-electron chi connectivity index (χ0n) is 27.0. The molecule has 0 bridgehead atoms. The summed E-state index contributed by atoms with van der Waals surface area (Å²) in [7, 11) is 0. The van der Waals surface area contributed by atoms with Crippen molar-refractivity contribution in [1.82, 2.24) is 5.32 Å². The van der Waals surface area contributed by atoms with Gasteiger partial charge in [-0.25, -0.2) is 0 Å². The summed E-state index contributed by atoms with van der Waals surface area (Å²) >= 11 is 6.86. The van der Waals surface area contributed by atoms with E-state index in [0.717, 1.165) is 29.5 Å². The third-order valence-electron chi connectivity index (χ3n) is 7.31. The van der Waals surface area contributed by atoms with Crippen LogP contribution in [0.5, 0.6) is 5.75 Å². The number of ether oxygens (including phenoxy) is 1. The van der Waals surface area contributed by atoms with Crippen molar-refractivity contribution in [1.29, 1.82) is 0 Å². The van der Waals surface area contributed by atoms with Gasteiger partial charge in [-0.3, -0.25) is 14.4 Å². The molecule has 0 spiro atoms. The van der Waals surface area contributed by atoms with Crippen molar-refractivity contribution >= 4 is 58.5 Å². The summed E-state index contributed by atoms with van der Waals surface area (Å²) in [5.41, 5.74) is 0.990. The third kappa shape index (κ3) is 10.7. The Balaban J connectivity index is 1.25. The van der Waals surface area contributed by atoms with E-state index in [1.165, 1.54) is 6.07 Å². The van der Waals surface area contributed by atoms with Crippen molar-refractivity contribution in [2.24, 2.45) is 0 Å². The first-order chi connectivity index (χ1) is 24.4. The van der Waals surface area contributed by atoms with E-state index in [1.54, 1.807) is 91.9 Å². The Bertz CT molecular complexity index is 2010. The van der Waals surface area contributed by atoms with Gasteiger partial charge in [0, 0.05) is 21.2 Å². The summed E-state index contributed by atoms with van der Waals surface area (Å²) in [6.07, 6.45) is -3.15. The molecule has 0 aromatic heterocycles. The number of carbonyl (C=O) groups is 3. The van der Waals surface area contributed by atoms with Crippen molar-refractivity contribution in [3.63, 3.8) is 0 Å². The smallest absolute Gasteiger partial charge is 0.418 e. The van der Waals surface area contributed by atoms with E-state index in [2.05, 4.69) is 16.0 Å². The molecule has 5 rings (SSSR count). The average molecular weight is 730 g/mol. The maximum Gasteiger partial charge on any atom is 0.418 e. The van der Waals surface area contributed by atoms with E-state index in [9.17, 15) is 27.6 Å². The molecule has 0 saturated carbocycles. The van der Waals surface area contributed by atoms with Crippen LogP contribution in [0.2, 0.25) is 5.02 Å². The van der Waals surface area contributed by atoms with Gasteiger partial charge in [-0.15, -0.1) is 11.8 Å². The Labute approximate surface area is 301 Å². The molecule has 0 radical (unpaired) electrons. The van der Waals surface area contributed by atoms with E-state index < -0.39 is 40.4 Å². The largest absolute Gasteiger partial charge is 0.489 e. The first-order valence-corrected chi connectivity index (χ1v) is 16.8. The third-order valence-corrected chi connectivity index (χ3v) is 8.65. The van der Waals surface area contributed by atoms with Crippen LogP contribution in [0, 0.1) is 0 Å². The van der Waals surface area contributed by atoms with Crippen LogP contribution in [0.15, 0.2) is 138 Å². The van der Waals surface area contributed by atoms with Crippen LogP contribution >= 0.6 is 23.4 Å². The van der Waals surface area contributed by atoms with Crippen LogP contribution in [0.1, 0.15) is 34.0 Å². The lowest BCUT2D eigenvalue weighted by atomic mass is 10.1. The number of anilines is 2. The standard InChI is InChI=1S/C39H31ClF3N3O4S/c1-25(36(47)45-34-21-14-29(40)23-33(34)39(41,42)43)51-32-19-15-30(16-20-32)44-38(49)35(46-37(48)28-10-6-3-7-11-28)22-26-12-17-31(18-13-26)50-24-27-8-4-2-5-9-27/h2-23,25H,24H2,1H3,(H,44,49)(H,45,47)(H,46,48)/b35-22-. The van der Waals surface area contributed by atoms with E-state index >= 15 is 0 Å². The highest BCUT2D eigenvalue weighted by Crippen LogP contribution is 2.37. The number of nitrogens with one attached hydrogen (secondary N) is 3. The van der Waals surface area contributed by atoms with Gasteiger partial charge in [0.15, 0.2) is 0 Å². The highest BCUT2D eigenvalue weighted by Gasteiger charge is 2.34. The van der Waals surface area contributed by atoms with Crippen LogP contribution in [-0.2, 0) is 22.4 Å². The summed E-state index contributed by atoms with van der Waals surface area (Å²) in [5.74, 6) is -1.05. The predicted molar refractivity (Wildman–Crippen MR) is 195 cm³/mol. The summed E-state index contributed by atoms with van der Waals surface area (Å²) in [6, 6.07) is 35.0. The van der Waals surface area contributed by atoms with Gasteiger partial charge in [0.2, 0.25) is 5.91 Å². The minimum Gasteiger partial charge on any atom is -0.489 e. The Morgan fingerprint density at radius 1 is 0.824 bits per heavy atom. The van der Waals surface area contributed by atoms with Crippen LogP contribution in [-0.4, -0.2) is 23.0 Å². The zero-order valence-corrected chi connectivity index (χ0v) is 28.6. The highest BCUT2D eigenvalue weighted by atomic mass is 35.5. The summed E-state index contributed by atoms with van der Waals surface area (Å²) in [6.45, 7) is 1.96. The lowest BCUT2D eigenvalue weighted by Gasteiger charge is -2.17. The van der Waals surface area contributed by atoms with E-state index in [0.29, 0.717) is 34.1 Å². The number of hydrogen-bond donors (Lipinski definition) is 3. The van der Waals surface area contributed by atoms with Gasteiger partial charge in [-0.1, -0.05) is 72.3 Å². The lowest BCUT2D eigenvalue weighted by molar-refractivity contribution is -0.137. The van der Waals surface area contributed by atoms with E-state index in [1.807, 2.05) is 30.3 Å². The molecule has 12 heteroatoms.